The maximum atomic E-state index is 12.5. The van der Waals surface area contributed by atoms with Crippen LogP contribution >= 0.6 is 11.3 Å². The Balaban J connectivity index is 1.78. The van der Waals surface area contributed by atoms with E-state index in [-0.39, 0.29) is 5.91 Å². The van der Waals surface area contributed by atoms with Crippen LogP contribution in [-0.4, -0.2) is 25.0 Å². The number of carbonyl (C=O) groups is 1. The van der Waals surface area contributed by atoms with Crippen molar-refractivity contribution < 1.29 is 4.79 Å². The van der Waals surface area contributed by atoms with Crippen molar-refractivity contribution in [2.24, 2.45) is 0 Å². The lowest BCUT2D eigenvalue weighted by atomic mass is 10.0. The molecule has 3 rings (SSSR count). The number of thiophene rings is 1. The van der Waals surface area contributed by atoms with Gasteiger partial charge >= 0.3 is 0 Å². The number of hydrogen-bond acceptors (Lipinski definition) is 3. The van der Waals surface area contributed by atoms with E-state index in [1.807, 2.05) is 11.4 Å². The summed E-state index contributed by atoms with van der Waals surface area (Å²) in [6, 6.07) is 10.7. The molecule has 2 heterocycles. The normalized spacial score (nSPS) is 15.9. The molecule has 1 fully saturated rings. The van der Waals surface area contributed by atoms with Gasteiger partial charge in [-0.1, -0.05) is 29.8 Å². The van der Waals surface area contributed by atoms with E-state index in [2.05, 4.69) is 41.8 Å². The summed E-state index contributed by atoms with van der Waals surface area (Å²) in [5.74, 6) is 0.0625. The van der Waals surface area contributed by atoms with E-state index in [4.69, 9.17) is 0 Å². The maximum Gasteiger partial charge on any atom is 0.262 e. The topological polar surface area (TPSA) is 41.1 Å². The third-order valence-electron chi connectivity index (χ3n) is 3.91. The zero-order valence-electron chi connectivity index (χ0n) is 12.2. The number of carbonyl (C=O) groups excluding carboxylic acids is 1. The molecular formula is C17H20N2OS. The van der Waals surface area contributed by atoms with Gasteiger partial charge in [-0.15, -0.1) is 11.3 Å². The molecule has 2 aromatic rings. The third-order valence-corrected chi connectivity index (χ3v) is 4.82. The van der Waals surface area contributed by atoms with Gasteiger partial charge in [0, 0.05) is 11.6 Å². The van der Waals surface area contributed by atoms with Gasteiger partial charge in [0.15, 0.2) is 0 Å². The van der Waals surface area contributed by atoms with Crippen LogP contribution in [0.4, 0.5) is 0 Å². The Labute approximate surface area is 129 Å². The van der Waals surface area contributed by atoms with Gasteiger partial charge in [-0.25, -0.2) is 0 Å². The highest BCUT2D eigenvalue weighted by atomic mass is 32.1. The van der Waals surface area contributed by atoms with E-state index < -0.39 is 0 Å². The molecule has 0 spiro atoms. The summed E-state index contributed by atoms with van der Waals surface area (Å²) in [7, 11) is 0. The van der Waals surface area contributed by atoms with E-state index in [0.717, 1.165) is 41.9 Å². The van der Waals surface area contributed by atoms with E-state index in [1.54, 1.807) is 0 Å². The van der Waals surface area contributed by atoms with Crippen molar-refractivity contribution in [1.82, 2.24) is 10.6 Å². The zero-order valence-corrected chi connectivity index (χ0v) is 13.0. The minimum atomic E-state index is 0.0625. The summed E-state index contributed by atoms with van der Waals surface area (Å²) in [4.78, 5) is 13.3. The maximum absolute atomic E-state index is 12.5. The lowest BCUT2D eigenvalue weighted by molar-refractivity contribution is 0.0934. The second kappa shape index (κ2) is 6.41. The second-order valence-corrected chi connectivity index (χ2v) is 6.44. The number of aryl methyl sites for hydroxylation is 1. The number of rotatable bonds is 3. The van der Waals surface area contributed by atoms with Crippen molar-refractivity contribution in [2.45, 2.75) is 25.8 Å². The van der Waals surface area contributed by atoms with Gasteiger partial charge in [0.05, 0.1) is 4.88 Å². The minimum Gasteiger partial charge on any atom is -0.348 e. The van der Waals surface area contributed by atoms with Crippen molar-refractivity contribution in [3.63, 3.8) is 0 Å². The van der Waals surface area contributed by atoms with E-state index in [9.17, 15) is 4.79 Å². The van der Waals surface area contributed by atoms with Crippen LogP contribution < -0.4 is 10.6 Å². The summed E-state index contributed by atoms with van der Waals surface area (Å²) in [6.07, 6.45) is 2.02. The van der Waals surface area contributed by atoms with Gasteiger partial charge in [-0.05, 0) is 49.9 Å². The summed E-state index contributed by atoms with van der Waals surface area (Å²) >= 11 is 1.52. The molecule has 1 aromatic carbocycles. The molecule has 1 aliphatic rings. The highest BCUT2D eigenvalue weighted by Crippen LogP contribution is 2.28. The molecule has 2 N–H and O–H groups in total. The fourth-order valence-electron chi connectivity index (χ4n) is 2.66. The van der Waals surface area contributed by atoms with Crippen LogP contribution in [0.15, 0.2) is 35.7 Å². The quantitative estimate of drug-likeness (QED) is 0.914. The van der Waals surface area contributed by atoms with Gasteiger partial charge in [-0.3, -0.25) is 4.79 Å². The monoisotopic (exact) mass is 300 g/mol. The van der Waals surface area contributed by atoms with Gasteiger partial charge in [-0.2, -0.15) is 0 Å². The lowest BCUT2D eigenvalue weighted by Gasteiger charge is -2.23. The van der Waals surface area contributed by atoms with E-state index >= 15 is 0 Å². The second-order valence-electron chi connectivity index (χ2n) is 5.53. The zero-order chi connectivity index (χ0) is 14.7. The molecule has 1 saturated heterocycles. The minimum absolute atomic E-state index is 0.0625. The molecule has 3 nitrogen and oxygen atoms in total. The van der Waals surface area contributed by atoms with Gasteiger partial charge in [0.25, 0.3) is 5.91 Å². The third kappa shape index (κ3) is 3.34. The van der Waals surface area contributed by atoms with Crippen molar-refractivity contribution in [3.8, 4) is 11.1 Å². The average molecular weight is 300 g/mol. The van der Waals surface area contributed by atoms with Crippen LogP contribution in [0.1, 0.15) is 28.1 Å². The first-order chi connectivity index (χ1) is 10.2. The first-order valence-corrected chi connectivity index (χ1v) is 8.28. The largest absolute Gasteiger partial charge is 0.348 e. The van der Waals surface area contributed by atoms with E-state index in [1.165, 1.54) is 16.9 Å². The van der Waals surface area contributed by atoms with Crippen molar-refractivity contribution >= 4 is 17.2 Å². The highest BCUT2D eigenvalue weighted by Gasteiger charge is 2.19. The molecular weight excluding hydrogens is 280 g/mol. The molecule has 110 valence electrons. The van der Waals surface area contributed by atoms with Crippen molar-refractivity contribution in [2.75, 3.05) is 13.1 Å². The molecule has 1 aromatic heterocycles. The number of nitrogens with one attached hydrogen (secondary N) is 2. The Bertz CT molecular complexity index is 612. The van der Waals surface area contributed by atoms with Crippen LogP contribution in [0, 0.1) is 6.92 Å². The van der Waals surface area contributed by atoms with E-state index in [0.29, 0.717) is 6.04 Å². The Morgan fingerprint density at radius 1 is 1.19 bits per heavy atom. The predicted octanol–water partition coefficient (Wildman–Crippen LogP) is 3.21. The molecule has 0 bridgehead atoms. The Morgan fingerprint density at radius 2 is 1.90 bits per heavy atom. The fraction of sp³-hybridized carbons (Fsp3) is 0.353. The molecule has 0 aliphatic carbocycles. The first-order valence-electron chi connectivity index (χ1n) is 7.40. The SMILES string of the molecule is Cc1ccc(-c2ccsc2C(=O)NC2CCNCC2)cc1. The van der Waals surface area contributed by atoms with Crippen LogP contribution in [0.25, 0.3) is 11.1 Å². The van der Waals surface area contributed by atoms with Crippen LogP contribution in [-0.2, 0) is 0 Å². The standard InChI is InChI=1S/C17H20N2OS/c1-12-2-4-13(5-3-12)15-8-11-21-16(15)17(20)19-14-6-9-18-10-7-14/h2-5,8,11,14,18H,6-7,9-10H2,1H3,(H,19,20). The molecule has 21 heavy (non-hydrogen) atoms. The molecule has 0 unspecified atom stereocenters. The molecule has 1 aliphatic heterocycles. The molecule has 0 saturated carbocycles. The number of amides is 1. The van der Waals surface area contributed by atoms with Gasteiger partial charge < -0.3 is 10.6 Å². The summed E-state index contributed by atoms with van der Waals surface area (Å²) in [5, 5.41) is 8.48. The molecule has 0 atom stereocenters. The average Bonchev–Trinajstić information content (AvgIpc) is 2.98. The number of piperidine rings is 1. The highest BCUT2D eigenvalue weighted by molar-refractivity contribution is 7.12. The Hall–Kier alpha value is -1.65. The number of benzene rings is 1. The fourth-order valence-corrected chi connectivity index (χ4v) is 3.48. The summed E-state index contributed by atoms with van der Waals surface area (Å²) in [5.41, 5.74) is 3.37. The summed E-state index contributed by atoms with van der Waals surface area (Å²) in [6.45, 7) is 4.04. The van der Waals surface area contributed by atoms with Crippen LogP contribution in [0.3, 0.4) is 0 Å². The molecule has 1 amide bonds. The lowest BCUT2D eigenvalue weighted by Crippen LogP contribution is -2.42. The first kappa shape index (κ1) is 14.3. The smallest absolute Gasteiger partial charge is 0.262 e. The molecule has 4 heteroatoms. The Morgan fingerprint density at radius 3 is 2.62 bits per heavy atom. The number of hydrogen-bond donors (Lipinski definition) is 2. The van der Waals surface area contributed by atoms with Gasteiger partial charge in [0.2, 0.25) is 0 Å². The summed E-state index contributed by atoms with van der Waals surface area (Å²) < 4.78 is 0. The van der Waals surface area contributed by atoms with Gasteiger partial charge in [0.1, 0.15) is 0 Å². The Kier molecular flexibility index (Phi) is 4.36. The van der Waals surface area contributed by atoms with Crippen LogP contribution in [0.2, 0.25) is 0 Å². The van der Waals surface area contributed by atoms with Crippen LogP contribution in [0.5, 0.6) is 0 Å². The predicted molar refractivity (Wildman–Crippen MR) is 87.8 cm³/mol. The van der Waals surface area contributed by atoms with Crippen molar-refractivity contribution in [1.29, 1.82) is 0 Å². The van der Waals surface area contributed by atoms with Crippen molar-refractivity contribution in [3.05, 3.63) is 46.2 Å². The molecule has 0 radical (unpaired) electrons.